The van der Waals surface area contributed by atoms with E-state index in [1.54, 1.807) is 12.1 Å². The number of methoxy groups -OCH3 is 1. The number of benzene rings is 1. The summed E-state index contributed by atoms with van der Waals surface area (Å²) in [7, 11) is 1.21. The summed E-state index contributed by atoms with van der Waals surface area (Å²) >= 11 is 0. The molecule has 0 saturated carbocycles. The van der Waals surface area contributed by atoms with E-state index in [4.69, 9.17) is 4.74 Å². The van der Waals surface area contributed by atoms with Gasteiger partial charge in [0.2, 0.25) is 0 Å². The molecule has 2 rings (SSSR count). The lowest BCUT2D eigenvalue weighted by atomic mass is 9.79. The van der Waals surface area contributed by atoms with Gasteiger partial charge >= 0.3 is 11.9 Å². The number of nitrogens with zero attached hydrogens (tertiary/aromatic N) is 1. The lowest BCUT2D eigenvalue weighted by molar-refractivity contribution is -0.158. The Morgan fingerprint density at radius 2 is 1.52 bits per heavy atom. The second-order valence-electron chi connectivity index (χ2n) is 9.87. The molecule has 0 radical (unpaired) electrons. The fourth-order valence-electron chi connectivity index (χ4n) is 3.58. The first-order valence-electron chi connectivity index (χ1n) is 10.2. The number of ether oxygens (including phenoxy) is 2. The maximum Gasteiger partial charge on any atom is 0.396 e. The lowest BCUT2D eigenvalue weighted by Gasteiger charge is -2.33. The van der Waals surface area contributed by atoms with Gasteiger partial charge in [-0.05, 0) is 41.7 Å². The van der Waals surface area contributed by atoms with Crippen LogP contribution in [0.25, 0.3) is 0 Å². The monoisotopic (exact) mass is 407 g/mol. The molecule has 0 aliphatic carbocycles. The Morgan fingerprint density at radius 3 is 1.93 bits per heavy atom. The molecule has 5 nitrogen and oxygen atoms in total. The highest BCUT2D eigenvalue weighted by molar-refractivity contribution is 6.32. The minimum absolute atomic E-state index is 0.248. The molecule has 1 aliphatic rings. The van der Waals surface area contributed by atoms with Crippen LogP contribution in [0.15, 0.2) is 12.1 Å². The Kier molecular flexibility index (Phi) is 6.97. The molecule has 0 bridgehead atoms. The van der Waals surface area contributed by atoms with E-state index in [9.17, 15) is 14.0 Å². The predicted molar refractivity (Wildman–Crippen MR) is 111 cm³/mol. The molecule has 0 aromatic heterocycles. The van der Waals surface area contributed by atoms with Crippen molar-refractivity contribution < 1.29 is 23.5 Å². The van der Waals surface area contributed by atoms with Crippen molar-refractivity contribution in [3.05, 3.63) is 29.1 Å². The minimum atomic E-state index is -0.823. The molecule has 0 atom stereocenters. The largest absolute Gasteiger partial charge is 0.493 e. The number of rotatable bonds is 3. The average molecular weight is 408 g/mol. The van der Waals surface area contributed by atoms with E-state index < -0.39 is 11.9 Å². The van der Waals surface area contributed by atoms with Crippen molar-refractivity contribution in [2.45, 2.75) is 65.2 Å². The summed E-state index contributed by atoms with van der Waals surface area (Å²) in [6.45, 7) is 13.8. The maximum atomic E-state index is 14.3. The molecule has 0 N–H and O–H groups in total. The number of piperidine rings is 1. The zero-order chi connectivity index (χ0) is 22.0. The van der Waals surface area contributed by atoms with Gasteiger partial charge in [0.25, 0.3) is 0 Å². The van der Waals surface area contributed by atoms with Crippen LogP contribution in [0, 0.1) is 11.7 Å². The van der Waals surface area contributed by atoms with Crippen LogP contribution in [0.2, 0.25) is 0 Å². The molecular weight excluding hydrogens is 373 g/mol. The Morgan fingerprint density at radius 1 is 1.03 bits per heavy atom. The molecule has 1 aromatic carbocycles. The summed E-state index contributed by atoms with van der Waals surface area (Å²) in [5.41, 5.74) is 1.21. The van der Waals surface area contributed by atoms with Crippen molar-refractivity contribution in [2.75, 3.05) is 26.8 Å². The first-order valence-corrected chi connectivity index (χ1v) is 10.2. The number of halogens is 1. The zero-order valence-corrected chi connectivity index (χ0v) is 18.7. The highest BCUT2D eigenvalue weighted by atomic mass is 19.1. The first kappa shape index (κ1) is 23.2. The quantitative estimate of drug-likeness (QED) is 0.556. The van der Waals surface area contributed by atoms with Crippen LogP contribution < -0.4 is 4.74 Å². The molecule has 29 heavy (non-hydrogen) atoms. The summed E-state index contributed by atoms with van der Waals surface area (Å²) in [5, 5.41) is 0. The van der Waals surface area contributed by atoms with E-state index in [2.05, 4.69) is 46.3 Å². The van der Waals surface area contributed by atoms with Gasteiger partial charge < -0.3 is 14.4 Å². The van der Waals surface area contributed by atoms with Crippen LogP contribution in [0.4, 0.5) is 4.39 Å². The van der Waals surface area contributed by atoms with E-state index >= 15 is 0 Å². The van der Waals surface area contributed by atoms with E-state index in [0.29, 0.717) is 19.7 Å². The van der Waals surface area contributed by atoms with Crippen LogP contribution in [-0.4, -0.2) is 43.6 Å². The molecule has 1 saturated heterocycles. The van der Waals surface area contributed by atoms with E-state index in [-0.39, 0.29) is 22.6 Å². The Labute approximate surface area is 173 Å². The van der Waals surface area contributed by atoms with Gasteiger partial charge in [0.05, 0.1) is 13.7 Å². The number of carbonyl (C=O) groups is 2. The second-order valence-corrected chi connectivity index (χ2v) is 9.87. The fraction of sp³-hybridized carbons (Fsp3) is 0.652. The van der Waals surface area contributed by atoms with E-state index in [0.717, 1.165) is 29.7 Å². The highest BCUT2D eigenvalue weighted by Gasteiger charge is 2.31. The molecule has 162 valence electrons. The van der Waals surface area contributed by atoms with Gasteiger partial charge in [-0.2, -0.15) is 0 Å². The number of likely N-dealkylation sites (tertiary alicyclic amines) is 1. The molecule has 0 spiro atoms. The average Bonchev–Trinajstić information content (AvgIpc) is 2.64. The molecule has 1 heterocycles. The first-order chi connectivity index (χ1) is 13.3. The van der Waals surface area contributed by atoms with E-state index in [1.807, 2.05) is 0 Å². The van der Waals surface area contributed by atoms with Gasteiger partial charge in [-0.25, -0.2) is 9.18 Å². The van der Waals surface area contributed by atoms with Gasteiger partial charge in [0.15, 0.2) is 0 Å². The predicted octanol–water partition coefficient (Wildman–Crippen LogP) is 4.21. The molecule has 6 heteroatoms. The molecule has 1 aliphatic heterocycles. The van der Waals surface area contributed by atoms with Gasteiger partial charge in [-0.1, -0.05) is 41.5 Å². The van der Waals surface area contributed by atoms with Crippen molar-refractivity contribution in [3.63, 3.8) is 0 Å². The van der Waals surface area contributed by atoms with Crippen molar-refractivity contribution in [3.8, 4) is 5.75 Å². The van der Waals surface area contributed by atoms with Gasteiger partial charge in [0.1, 0.15) is 11.6 Å². The standard InChI is InChI=1S/C23H34FNO4/c1-22(2,3)17-12-16(24)13-18(23(4,5)6)19(17)29-14-15-8-10-25(11-9-15)20(26)21(27)28-7/h12-13,15H,8-11,14H2,1-7H3. The SMILES string of the molecule is COC(=O)C(=O)N1CCC(COc2c(C(C)(C)C)cc(F)cc2C(C)(C)C)CC1. The second kappa shape index (κ2) is 8.72. The van der Waals surface area contributed by atoms with Crippen LogP contribution in [-0.2, 0) is 25.2 Å². The summed E-state index contributed by atoms with van der Waals surface area (Å²) in [4.78, 5) is 24.9. The third-order valence-electron chi connectivity index (χ3n) is 5.39. The van der Waals surface area contributed by atoms with E-state index in [1.165, 1.54) is 12.0 Å². The summed E-state index contributed by atoms with van der Waals surface area (Å²) in [6.07, 6.45) is 1.50. The number of hydrogen-bond donors (Lipinski definition) is 0. The number of carbonyl (C=O) groups excluding carboxylic acids is 2. The number of amides is 1. The smallest absolute Gasteiger partial charge is 0.396 e. The Balaban J connectivity index is 2.15. The van der Waals surface area contributed by atoms with Crippen molar-refractivity contribution >= 4 is 11.9 Å². The zero-order valence-electron chi connectivity index (χ0n) is 18.7. The van der Waals surface area contributed by atoms with Crippen molar-refractivity contribution in [1.82, 2.24) is 4.90 Å². The van der Waals surface area contributed by atoms with Crippen molar-refractivity contribution in [1.29, 1.82) is 0 Å². The van der Waals surface area contributed by atoms with Crippen molar-refractivity contribution in [2.24, 2.45) is 5.92 Å². The van der Waals surface area contributed by atoms with Gasteiger partial charge in [-0.15, -0.1) is 0 Å². The normalized spacial score (nSPS) is 15.9. The third kappa shape index (κ3) is 5.71. The fourth-order valence-corrected chi connectivity index (χ4v) is 3.58. The molecule has 1 amide bonds. The van der Waals surface area contributed by atoms with Crippen LogP contribution in [0.5, 0.6) is 5.75 Å². The summed E-state index contributed by atoms with van der Waals surface area (Å²) in [5.74, 6) is -0.630. The molecule has 1 aromatic rings. The summed E-state index contributed by atoms with van der Waals surface area (Å²) in [6, 6.07) is 3.14. The Hall–Kier alpha value is -2.11. The molecular formula is C23H34FNO4. The van der Waals surface area contributed by atoms with Crippen LogP contribution in [0.3, 0.4) is 0 Å². The third-order valence-corrected chi connectivity index (χ3v) is 5.39. The molecule has 0 unspecified atom stereocenters. The lowest BCUT2D eigenvalue weighted by Crippen LogP contribution is -2.43. The summed E-state index contributed by atoms with van der Waals surface area (Å²) < 4.78 is 25.2. The maximum absolute atomic E-state index is 14.3. The van der Waals surface area contributed by atoms with Gasteiger partial charge in [-0.3, -0.25) is 4.79 Å². The highest BCUT2D eigenvalue weighted by Crippen LogP contribution is 2.40. The van der Waals surface area contributed by atoms with Crippen LogP contribution in [0.1, 0.15) is 65.5 Å². The van der Waals surface area contributed by atoms with Gasteiger partial charge in [0, 0.05) is 24.2 Å². The van der Waals surface area contributed by atoms with Crippen LogP contribution >= 0.6 is 0 Å². The minimum Gasteiger partial charge on any atom is -0.493 e. The molecule has 1 fully saturated rings. The Bertz CT molecular complexity index is 718. The number of esters is 1. The topological polar surface area (TPSA) is 55.8 Å². The number of hydrogen-bond acceptors (Lipinski definition) is 4.